The second kappa shape index (κ2) is 5.48. The molecular weight excluding hydrogens is 250 g/mol. The molecule has 1 aromatic heterocycles. The van der Waals surface area contributed by atoms with Gasteiger partial charge in [-0.1, -0.05) is 18.2 Å². The van der Waals surface area contributed by atoms with E-state index in [9.17, 15) is 5.11 Å². The van der Waals surface area contributed by atoms with E-state index in [-0.39, 0.29) is 6.04 Å². The maximum Gasteiger partial charge on any atom is 0.0964 e. The van der Waals surface area contributed by atoms with E-state index in [0.29, 0.717) is 0 Å². The van der Waals surface area contributed by atoms with Crippen molar-refractivity contribution < 1.29 is 5.11 Å². The molecule has 1 saturated heterocycles. The highest BCUT2D eigenvalue weighted by Gasteiger charge is 2.30. The zero-order chi connectivity index (χ0) is 14.1. The largest absolute Gasteiger partial charge is 0.387 e. The second-order valence-corrected chi connectivity index (χ2v) is 5.70. The van der Waals surface area contributed by atoms with E-state index in [4.69, 9.17) is 0 Å². The number of fused-ring (bicyclic) bond motifs is 1. The molecule has 1 aromatic carbocycles. The molecule has 2 atom stereocenters. The summed E-state index contributed by atoms with van der Waals surface area (Å²) in [6.07, 6.45) is 3.15. The van der Waals surface area contributed by atoms with Crippen LogP contribution in [0.5, 0.6) is 0 Å². The smallest absolute Gasteiger partial charge is 0.0964 e. The lowest BCUT2D eigenvalue weighted by atomic mass is 9.95. The van der Waals surface area contributed by atoms with E-state index in [0.717, 1.165) is 36.0 Å². The molecule has 4 heteroatoms. The van der Waals surface area contributed by atoms with Crippen LogP contribution in [0.2, 0.25) is 0 Å². The van der Waals surface area contributed by atoms with Gasteiger partial charge in [-0.05, 0) is 31.1 Å². The quantitative estimate of drug-likeness (QED) is 0.899. The van der Waals surface area contributed by atoms with Crippen LogP contribution in [-0.4, -0.2) is 59.7 Å². The highest BCUT2D eigenvalue weighted by Crippen LogP contribution is 2.28. The Kier molecular flexibility index (Phi) is 3.70. The molecule has 2 heterocycles. The maximum absolute atomic E-state index is 10.8. The van der Waals surface area contributed by atoms with Crippen LogP contribution in [0.25, 0.3) is 10.8 Å². The highest BCUT2D eigenvalue weighted by molar-refractivity contribution is 5.85. The van der Waals surface area contributed by atoms with E-state index in [1.165, 1.54) is 0 Å². The number of aliphatic hydroxyl groups excluding tert-OH is 1. The van der Waals surface area contributed by atoms with Gasteiger partial charge < -0.3 is 10.0 Å². The van der Waals surface area contributed by atoms with Gasteiger partial charge in [0.15, 0.2) is 0 Å². The normalized spacial score (nSPS) is 23.1. The molecular formula is C16H21N3O. The number of nitrogens with zero attached hydrogens (tertiary/aromatic N) is 3. The number of benzene rings is 1. The third-order valence-corrected chi connectivity index (χ3v) is 4.30. The topological polar surface area (TPSA) is 39.6 Å². The molecule has 1 fully saturated rings. The number of aromatic nitrogens is 1. The number of piperazine rings is 1. The predicted octanol–water partition coefficient (Wildman–Crippen LogP) is 1.51. The van der Waals surface area contributed by atoms with Crippen LogP contribution in [0, 0.1) is 0 Å². The first-order valence-electron chi connectivity index (χ1n) is 7.06. The van der Waals surface area contributed by atoms with Crippen LogP contribution >= 0.6 is 0 Å². The van der Waals surface area contributed by atoms with Crippen molar-refractivity contribution in [3.05, 3.63) is 42.2 Å². The number of likely N-dealkylation sites (N-methyl/N-ethyl adjacent to an activating group) is 2. The van der Waals surface area contributed by atoms with Crippen LogP contribution in [0.3, 0.4) is 0 Å². The van der Waals surface area contributed by atoms with E-state index in [1.807, 2.05) is 24.4 Å². The summed E-state index contributed by atoms with van der Waals surface area (Å²) in [5, 5.41) is 13.0. The summed E-state index contributed by atoms with van der Waals surface area (Å²) in [7, 11) is 4.20. The molecule has 0 bridgehead atoms. The first kappa shape index (κ1) is 13.5. The molecule has 2 unspecified atom stereocenters. The summed E-state index contributed by atoms with van der Waals surface area (Å²) < 4.78 is 0. The lowest BCUT2D eigenvalue weighted by Crippen LogP contribution is -2.52. The van der Waals surface area contributed by atoms with Gasteiger partial charge in [-0.3, -0.25) is 9.88 Å². The minimum atomic E-state index is -0.490. The van der Waals surface area contributed by atoms with Crippen molar-refractivity contribution in [3.8, 4) is 0 Å². The Morgan fingerprint density at radius 1 is 1.25 bits per heavy atom. The second-order valence-electron chi connectivity index (χ2n) is 5.70. The molecule has 2 aromatic rings. The average molecular weight is 271 g/mol. The van der Waals surface area contributed by atoms with Gasteiger partial charge in [0, 0.05) is 37.4 Å². The Morgan fingerprint density at radius 3 is 2.95 bits per heavy atom. The van der Waals surface area contributed by atoms with Crippen LogP contribution in [0.15, 0.2) is 36.7 Å². The van der Waals surface area contributed by atoms with E-state index < -0.39 is 6.10 Å². The van der Waals surface area contributed by atoms with Crippen molar-refractivity contribution in [3.63, 3.8) is 0 Å². The molecule has 1 aliphatic rings. The standard InChI is InChI=1S/C16H21N3O/c1-18-8-9-19(2)15(11-18)16(20)13-5-3-4-12-6-7-17-10-14(12)13/h3-7,10,15-16,20H,8-9,11H2,1-2H3. The Morgan fingerprint density at radius 2 is 2.10 bits per heavy atom. The lowest BCUT2D eigenvalue weighted by molar-refractivity contribution is 0.0145. The first-order valence-corrected chi connectivity index (χ1v) is 7.06. The molecule has 1 N–H and O–H groups in total. The monoisotopic (exact) mass is 271 g/mol. The lowest BCUT2D eigenvalue weighted by Gasteiger charge is -2.40. The Balaban J connectivity index is 1.97. The summed E-state index contributed by atoms with van der Waals surface area (Å²) in [6.45, 7) is 2.92. The van der Waals surface area contributed by atoms with Gasteiger partial charge >= 0.3 is 0 Å². The number of rotatable bonds is 2. The fraction of sp³-hybridized carbons (Fsp3) is 0.438. The van der Waals surface area contributed by atoms with Crippen LogP contribution in [-0.2, 0) is 0 Å². The molecule has 3 rings (SSSR count). The first-order chi connectivity index (χ1) is 9.66. The van der Waals surface area contributed by atoms with Crippen molar-refractivity contribution >= 4 is 10.8 Å². The number of aliphatic hydroxyl groups is 1. The Labute approximate surface area is 119 Å². The van der Waals surface area contributed by atoms with Crippen LogP contribution in [0.4, 0.5) is 0 Å². The minimum absolute atomic E-state index is 0.125. The van der Waals surface area contributed by atoms with Crippen molar-refractivity contribution in [1.82, 2.24) is 14.8 Å². The number of pyridine rings is 1. The summed E-state index contributed by atoms with van der Waals surface area (Å²) >= 11 is 0. The maximum atomic E-state index is 10.8. The van der Waals surface area contributed by atoms with Gasteiger partial charge in [-0.2, -0.15) is 0 Å². The van der Waals surface area contributed by atoms with E-state index in [1.54, 1.807) is 6.20 Å². The zero-order valence-corrected chi connectivity index (χ0v) is 12.0. The average Bonchev–Trinajstić information content (AvgIpc) is 2.48. The highest BCUT2D eigenvalue weighted by atomic mass is 16.3. The molecule has 4 nitrogen and oxygen atoms in total. The van der Waals surface area contributed by atoms with Gasteiger partial charge in [-0.25, -0.2) is 0 Å². The zero-order valence-electron chi connectivity index (χ0n) is 12.0. The molecule has 0 aliphatic carbocycles. The summed E-state index contributed by atoms with van der Waals surface area (Å²) in [5.74, 6) is 0. The fourth-order valence-electron chi connectivity index (χ4n) is 2.99. The van der Waals surface area contributed by atoms with E-state index in [2.05, 4.69) is 34.9 Å². The summed E-state index contributed by atoms with van der Waals surface area (Å²) in [5.41, 5.74) is 0.975. The predicted molar refractivity (Wildman–Crippen MR) is 80.6 cm³/mol. The van der Waals surface area contributed by atoms with E-state index >= 15 is 0 Å². The van der Waals surface area contributed by atoms with Crippen molar-refractivity contribution in [2.24, 2.45) is 0 Å². The van der Waals surface area contributed by atoms with Crippen LogP contribution in [0.1, 0.15) is 11.7 Å². The molecule has 0 spiro atoms. The fourth-order valence-corrected chi connectivity index (χ4v) is 2.99. The van der Waals surface area contributed by atoms with Gasteiger partial charge in [0.05, 0.1) is 12.1 Å². The van der Waals surface area contributed by atoms with Crippen LogP contribution < -0.4 is 0 Å². The third kappa shape index (κ3) is 2.42. The van der Waals surface area contributed by atoms with Gasteiger partial charge in [0.1, 0.15) is 0 Å². The molecule has 0 radical (unpaired) electrons. The third-order valence-electron chi connectivity index (χ3n) is 4.30. The Bertz CT molecular complexity index is 596. The van der Waals surface area contributed by atoms with Gasteiger partial charge in [-0.15, -0.1) is 0 Å². The number of hydrogen-bond donors (Lipinski definition) is 1. The molecule has 1 aliphatic heterocycles. The Hall–Kier alpha value is -1.49. The SMILES string of the molecule is CN1CCN(C)C(C(O)c2cccc3ccncc23)C1. The molecule has 20 heavy (non-hydrogen) atoms. The van der Waals surface area contributed by atoms with Gasteiger partial charge in [0.25, 0.3) is 0 Å². The minimum Gasteiger partial charge on any atom is -0.387 e. The molecule has 0 saturated carbocycles. The van der Waals surface area contributed by atoms with Crippen molar-refractivity contribution in [2.45, 2.75) is 12.1 Å². The van der Waals surface area contributed by atoms with Crippen molar-refractivity contribution in [1.29, 1.82) is 0 Å². The summed E-state index contributed by atoms with van der Waals surface area (Å²) in [4.78, 5) is 8.72. The van der Waals surface area contributed by atoms with Gasteiger partial charge in [0.2, 0.25) is 0 Å². The number of hydrogen-bond acceptors (Lipinski definition) is 4. The molecule has 106 valence electrons. The summed E-state index contributed by atoms with van der Waals surface area (Å²) in [6, 6.07) is 8.19. The van der Waals surface area contributed by atoms with Crippen molar-refractivity contribution in [2.75, 3.05) is 33.7 Å². The molecule has 0 amide bonds.